The molecular formula is C24H19BrClNO5. The normalized spacial score (nSPS) is 10.2. The first-order chi connectivity index (χ1) is 15.4. The van der Waals surface area contributed by atoms with Crippen LogP contribution < -0.4 is 4.74 Å². The lowest BCUT2D eigenvalue weighted by Crippen LogP contribution is -1.98. The van der Waals surface area contributed by atoms with Crippen LogP contribution in [0.25, 0.3) is 11.3 Å². The van der Waals surface area contributed by atoms with E-state index in [0.717, 1.165) is 5.56 Å². The number of carbonyl (C=O) groups excluding carboxylic acids is 1. The van der Waals surface area contributed by atoms with Gasteiger partial charge < -0.3 is 19.4 Å². The molecule has 0 bridgehead atoms. The summed E-state index contributed by atoms with van der Waals surface area (Å²) in [6.07, 6.45) is 1.56. The first kappa shape index (κ1) is 23.4. The molecule has 164 valence electrons. The Hall–Kier alpha value is -3.29. The van der Waals surface area contributed by atoms with E-state index >= 15 is 0 Å². The zero-order valence-corrected chi connectivity index (χ0v) is 19.1. The van der Waals surface area contributed by atoms with Gasteiger partial charge in [-0.3, -0.25) is 4.79 Å². The summed E-state index contributed by atoms with van der Waals surface area (Å²) in [4.78, 5) is 15.3. The molecule has 0 saturated carbocycles. The van der Waals surface area contributed by atoms with Crippen molar-refractivity contribution in [3.63, 3.8) is 0 Å². The van der Waals surface area contributed by atoms with E-state index in [1.807, 2.05) is 0 Å². The number of carbonyl (C=O) groups is 1. The van der Waals surface area contributed by atoms with Crippen LogP contribution in [0.4, 0.5) is 0 Å². The van der Waals surface area contributed by atoms with Crippen LogP contribution in [0.15, 0.2) is 83.5 Å². The van der Waals surface area contributed by atoms with Gasteiger partial charge in [-0.15, -0.1) is 0 Å². The summed E-state index contributed by atoms with van der Waals surface area (Å²) in [6, 6.07) is 20.0. The Bertz CT molecular complexity index is 1140. The van der Waals surface area contributed by atoms with E-state index in [1.165, 1.54) is 12.1 Å². The Morgan fingerprint density at radius 3 is 2.12 bits per heavy atom. The highest BCUT2D eigenvalue weighted by atomic mass is 79.9. The Kier molecular flexibility index (Phi) is 8.30. The Balaban J connectivity index is 0.000000222. The second-order valence-corrected chi connectivity index (χ2v) is 7.52. The number of benzene rings is 3. The Morgan fingerprint density at radius 2 is 1.53 bits per heavy atom. The molecule has 6 nitrogen and oxygen atoms in total. The van der Waals surface area contributed by atoms with Crippen molar-refractivity contribution in [2.75, 3.05) is 5.33 Å². The summed E-state index contributed by atoms with van der Waals surface area (Å²) in [7, 11) is 0. The van der Waals surface area contributed by atoms with Crippen molar-refractivity contribution in [2.24, 2.45) is 0 Å². The molecule has 0 aliphatic heterocycles. The van der Waals surface area contributed by atoms with Gasteiger partial charge in [0.05, 0.1) is 5.33 Å². The molecule has 1 heterocycles. The number of ether oxygens (including phenoxy) is 1. The largest absolute Gasteiger partial charge is 0.508 e. The van der Waals surface area contributed by atoms with Crippen molar-refractivity contribution in [3.05, 3.63) is 95.5 Å². The molecule has 0 saturated heterocycles. The summed E-state index contributed by atoms with van der Waals surface area (Å²) in [6.45, 7) is 0.236. The summed E-state index contributed by atoms with van der Waals surface area (Å²) in [5.74, 6) is 1.59. The fourth-order valence-electron chi connectivity index (χ4n) is 2.54. The number of halogens is 2. The molecule has 4 aromatic rings. The van der Waals surface area contributed by atoms with E-state index in [2.05, 4.69) is 20.9 Å². The van der Waals surface area contributed by atoms with Crippen LogP contribution in [-0.4, -0.2) is 26.3 Å². The van der Waals surface area contributed by atoms with Crippen LogP contribution in [0.3, 0.4) is 0 Å². The van der Waals surface area contributed by atoms with Crippen LogP contribution >= 0.6 is 27.5 Å². The van der Waals surface area contributed by atoms with Gasteiger partial charge in [0.25, 0.3) is 0 Å². The van der Waals surface area contributed by atoms with Crippen LogP contribution in [0, 0.1) is 0 Å². The second-order valence-electron chi connectivity index (χ2n) is 6.52. The third-order valence-electron chi connectivity index (χ3n) is 4.20. The van der Waals surface area contributed by atoms with Crippen molar-refractivity contribution in [1.29, 1.82) is 0 Å². The Labute approximate surface area is 198 Å². The van der Waals surface area contributed by atoms with Gasteiger partial charge in [-0.2, -0.15) is 0 Å². The molecule has 0 atom stereocenters. The lowest BCUT2D eigenvalue weighted by molar-refractivity contribution is 0.102. The lowest BCUT2D eigenvalue weighted by Gasteiger charge is -2.02. The van der Waals surface area contributed by atoms with Gasteiger partial charge >= 0.3 is 0 Å². The highest BCUT2D eigenvalue weighted by Gasteiger charge is 2.07. The SMILES string of the molecule is O=C(CBr)c1ccc(O)cc1.Oc1ccc(-c2coc(COc3ccc(Cl)cc3)n2)cc1. The van der Waals surface area contributed by atoms with Gasteiger partial charge in [-0.25, -0.2) is 4.98 Å². The summed E-state index contributed by atoms with van der Waals surface area (Å²) in [5, 5.41) is 19.1. The lowest BCUT2D eigenvalue weighted by atomic mass is 10.1. The molecule has 0 aliphatic rings. The van der Waals surface area contributed by atoms with Gasteiger partial charge in [-0.1, -0.05) is 27.5 Å². The number of hydrogen-bond acceptors (Lipinski definition) is 6. The molecule has 3 aromatic carbocycles. The number of oxazole rings is 1. The maximum Gasteiger partial charge on any atom is 0.232 e. The number of aromatic hydroxyl groups is 2. The fraction of sp³-hybridized carbons (Fsp3) is 0.0833. The van der Waals surface area contributed by atoms with E-state index in [4.69, 9.17) is 25.9 Å². The zero-order chi connectivity index (χ0) is 22.9. The monoisotopic (exact) mass is 515 g/mol. The van der Waals surface area contributed by atoms with E-state index in [9.17, 15) is 9.90 Å². The highest BCUT2D eigenvalue weighted by molar-refractivity contribution is 9.09. The summed E-state index contributed by atoms with van der Waals surface area (Å²) < 4.78 is 10.9. The van der Waals surface area contributed by atoms with E-state index in [1.54, 1.807) is 66.9 Å². The highest BCUT2D eigenvalue weighted by Crippen LogP contribution is 2.22. The molecule has 0 radical (unpaired) electrons. The third kappa shape index (κ3) is 6.87. The van der Waals surface area contributed by atoms with E-state index in [-0.39, 0.29) is 23.9 Å². The van der Waals surface area contributed by atoms with Crippen LogP contribution in [0.2, 0.25) is 5.02 Å². The van der Waals surface area contributed by atoms with Crippen molar-refractivity contribution in [1.82, 2.24) is 4.98 Å². The summed E-state index contributed by atoms with van der Waals surface area (Å²) in [5.41, 5.74) is 2.18. The predicted octanol–water partition coefficient (Wildman–Crippen LogP) is 6.25. The van der Waals surface area contributed by atoms with E-state index in [0.29, 0.717) is 33.3 Å². The van der Waals surface area contributed by atoms with Crippen LogP contribution in [0.5, 0.6) is 17.2 Å². The number of nitrogens with zero attached hydrogens (tertiary/aromatic N) is 1. The zero-order valence-electron chi connectivity index (χ0n) is 16.7. The van der Waals surface area contributed by atoms with E-state index < -0.39 is 0 Å². The number of hydrogen-bond donors (Lipinski definition) is 2. The number of alkyl halides is 1. The predicted molar refractivity (Wildman–Crippen MR) is 126 cm³/mol. The van der Waals surface area contributed by atoms with Crippen molar-refractivity contribution >= 4 is 33.3 Å². The van der Waals surface area contributed by atoms with Gasteiger partial charge in [0.1, 0.15) is 29.2 Å². The standard InChI is InChI=1S/C16H12ClNO3.C8H7BrO2/c17-12-3-7-14(8-4-12)20-10-16-18-15(9-21-16)11-1-5-13(19)6-2-11;9-5-8(11)6-1-3-7(10)4-2-6/h1-9,19H,10H2;1-4,10H,5H2. The average Bonchev–Trinajstić information content (AvgIpc) is 3.29. The number of ketones is 1. The number of phenolic OH excluding ortho intramolecular Hbond substituents is 2. The molecule has 32 heavy (non-hydrogen) atoms. The van der Waals surface area contributed by atoms with Crippen molar-refractivity contribution in [2.45, 2.75) is 6.61 Å². The first-order valence-electron chi connectivity index (χ1n) is 9.45. The minimum Gasteiger partial charge on any atom is -0.508 e. The fourth-order valence-corrected chi connectivity index (χ4v) is 2.99. The van der Waals surface area contributed by atoms with Crippen molar-refractivity contribution < 1.29 is 24.2 Å². The third-order valence-corrected chi connectivity index (χ3v) is 4.96. The number of phenols is 2. The van der Waals surface area contributed by atoms with Gasteiger partial charge in [0, 0.05) is 16.1 Å². The molecule has 0 aliphatic carbocycles. The maximum atomic E-state index is 11.0. The van der Waals surface area contributed by atoms with Gasteiger partial charge in [0.2, 0.25) is 5.89 Å². The second kappa shape index (κ2) is 11.4. The quantitative estimate of drug-likeness (QED) is 0.232. The molecule has 0 spiro atoms. The maximum absolute atomic E-state index is 11.0. The molecule has 4 rings (SSSR count). The Morgan fingerprint density at radius 1 is 0.938 bits per heavy atom. The van der Waals surface area contributed by atoms with Crippen molar-refractivity contribution in [3.8, 4) is 28.5 Å². The molecule has 0 fully saturated rings. The first-order valence-corrected chi connectivity index (χ1v) is 10.9. The van der Waals surface area contributed by atoms with Crippen LogP contribution in [-0.2, 0) is 6.61 Å². The molecule has 0 unspecified atom stereocenters. The summed E-state index contributed by atoms with van der Waals surface area (Å²) >= 11 is 8.86. The smallest absolute Gasteiger partial charge is 0.232 e. The molecule has 2 N–H and O–H groups in total. The van der Waals surface area contributed by atoms with Crippen LogP contribution in [0.1, 0.15) is 16.2 Å². The molecule has 1 aromatic heterocycles. The molecule has 8 heteroatoms. The topological polar surface area (TPSA) is 92.8 Å². The number of aromatic nitrogens is 1. The average molecular weight is 517 g/mol. The van der Waals surface area contributed by atoms with Gasteiger partial charge in [0.15, 0.2) is 12.4 Å². The minimum atomic E-state index is 0.0185. The molecular weight excluding hydrogens is 498 g/mol. The molecule has 0 amide bonds. The number of rotatable bonds is 6. The number of Topliss-reactive ketones (excluding diaryl/α,β-unsaturated/α-hetero) is 1. The van der Waals surface area contributed by atoms with Gasteiger partial charge in [-0.05, 0) is 72.8 Å². The minimum absolute atomic E-state index is 0.0185.